The maximum absolute atomic E-state index is 2.51. The third-order valence-corrected chi connectivity index (χ3v) is 5.69. The van der Waals surface area contributed by atoms with Gasteiger partial charge >= 0.3 is 0 Å². The second kappa shape index (κ2) is 19.4. The number of rotatable bonds is 2. The van der Waals surface area contributed by atoms with E-state index in [1.807, 2.05) is 27.7 Å². The van der Waals surface area contributed by atoms with E-state index in [9.17, 15) is 0 Å². The van der Waals surface area contributed by atoms with Crippen LogP contribution in [0, 0.1) is 40.9 Å². The van der Waals surface area contributed by atoms with Crippen LogP contribution in [0.1, 0.15) is 123 Å². The Bertz CT molecular complexity index is 263. The van der Waals surface area contributed by atoms with Crippen LogP contribution in [0.5, 0.6) is 0 Å². The molecule has 0 N–H and O–H groups in total. The molecule has 0 amide bonds. The molecule has 0 heterocycles. The van der Waals surface area contributed by atoms with Gasteiger partial charge in [0.15, 0.2) is 0 Å². The van der Waals surface area contributed by atoms with E-state index >= 15 is 0 Å². The van der Waals surface area contributed by atoms with Crippen molar-refractivity contribution in [3.05, 3.63) is 0 Å². The topological polar surface area (TPSA) is 0 Å². The minimum atomic E-state index is 0. The van der Waals surface area contributed by atoms with Crippen LogP contribution in [-0.2, 0) is 32.7 Å². The quantitative estimate of drug-likeness (QED) is 0.397. The van der Waals surface area contributed by atoms with E-state index in [1.54, 1.807) is 0 Å². The second-order valence-electron chi connectivity index (χ2n) is 8.74. The van der Waals surface area contributed by atoms with Gasteiger partial charge < -0.3 is 0 Å². The van der Waals surface area contributed by atoms with Gasteiger partial charge in [-0.3, -0.25) is 0 Å². The van der Waals surface area contributed by atoms with Crippen molar-refractivity contribution in [2.75, 3.05) is 0 Å². The van der Waals surface area contributed by atoms with Crippen LogP contribution in [-0.4, -0.2) is 0 Å². The molecule has 0 saturated heterocycles. The van der Waals surface area contributed by atoms with Gasteiger partial charge in [0.05, 0.1) is 0 Å². The van der Waals surface area contributed by atoms with Crippen LogP contribution in [0.3, 0.4) is 0 Å². The normalized spacial score (nSPS) is 26.8. The van der Waals surface area contributed by atoms with Crippen LogP contribution in [0.25, 0.3) is 0 Å². The molecular weight excluding hydrogens is 389 g/mol. The Hall–Kier alpha value is 1.10. The first kappa shape index (κ1) is 34.6. The van der Waals surface area contributed by atoms with Crippen LogP contribution in [0.4, 0.5) is 0 Å². The van der Waals surface area contributed by atoms with Gasteiger partial charge in [-0.25, -0.2) is 0 Å². The molecule has 2 bridgehead atoms. The van der Waals surface area contributed by atoms with Crippen molar-refractivity contribution >= 4 is 0 Å². The Morgan fingerprint density at radius 2 is 1.08 bits per heavy atom. The summed E-state index contributed by atoms with van der Waals surface area (Å²) in [7, 11) is 0. The molecule has 3 aliphatic carbocycles. The molecule has 159 valence electrons. The van der Waals surface area contributed by atoms with Gasteiger partial charge in [-0.15, -0.1) is 0 Å². The Morgan fingerprint density at radius 3 is 1.31 bits per heavy atom. The van der Waals surface area contributed by atoms with E-state index in [2.05, 4.69) is 69.2 Å². The third kappa shape index (κ3) is 10.6. The van der Waals surface area contributed by atoms with Crippen molar-refractivity contribution in [1.29, 1.82) is 0 Å². The first-order chi connectivity index (χ1) is 11.7. The average Bonchev–Trinajstić information content (AvgIpc) is 2.59. The molecule has 3 aliphatic rings. The molecule has 3 saturated carbocycles. The molecule has 0 aromatic heterocycles. The predicted octanol–water partition coefficient (Wildman–Crippen LogP) is 9.48. The van der Waals surface area contributed by atoms with Crippen molar-refractivity contribution < 1.29 is 32.7 Å². The standard InChI is InChI=1S/C15H28.2C3H8.2C2H6.Y/c1-9(2)12-7-11-8-13(15(11,5)6)14(12)10(3)4;2*1-3-2;2*1-2;/h9-14H,7-8H2,1-6H3;2*3H2,1-2H3;2*1-2H3;. The zero-order valence-electron chi connectivity index (χ0n) is 21.4. The summed E-state index contributed by atoms with van der Waals surface area (Å²) < 4.78 is 0. The molecule has 0 aromatic carbocycles. The van der Waals surface area contributed by atoms with Crippen LogP contribution in [0.15, 0.2) is 0 Å². The zero-order valence-corrected chi connectivity index (χ0v) is 24.2. The van der Waals surface area contributed by atoms with Gasteiger partial charge in [-0.2, -0.15) is 0 Å². The van der Waals surface area contributed by atoms with Crippen LogP contribution < -0.4 is 0 Å². The van der Waals surface area contributed by atoms with Crippen molar-refractivity contribution in [1.82, 2.24) is 0 Å². The van der Waals surface area contributed by atoms with E-state index in [4.69, 9.17) is 0 Å². The van der Waals surface area contributed by atoms with E-state index in [0.29, 0.717) is 5.41 Å². The molecule has 4 atom stereocenters. The van der Waals surface area contributed by atoms with Gasteiger partial charge in [0, 0.05) is 32.7 Å². The molecule has 1 heteroatoms. The first-order valence-corrected chi connectivity index (χ1v) is 11.7. The maximum atomic E-state index is 2.51. The molecular formula is C25H56Y. The van der Waals surface area contributed by atoms with Gasteiger partial charge in [-0.1, -0.05) is 110 Å². The summed E-state index contributed by atoms with van der Waals surface area (Å²) in [6, 6.07) is 0. The van der Waals surface area contributed by atoms with E-state index in [-0.39, 0.29) is 32.7 Å². The Morgan fingerprint density at radius 1 is 0.731 bits per heavy atom. The van der Waals surface area contributed by atoms with Crippen molar-refractivity contribution in [3.8, 4) is 0 Å². The smallest absolute Gasteiger partial charge is 0 e. The Kier molecular flexibility index (Phi) is 25.8. The third-order valence-electron chi connectivity index (χ3n) is 5.69. The predicted molar refractivity (Wildman–Crippen MR) is 121 cm³/mol. The largest absolute Gasteiger partial charge is 0.0683 e. The molecule has 0 spiro atoms. The summed E-state index contributed by atoms with van der Waals surface area (Å²) in [5, 5.41) is 0. The minimum Gasteiger partial charge on any atom is -0.0683 e. The summed E-state index contributed by atoms with van der Waals surface area (Å²) in [5.74, 6) is 5.81. The van der Waals surface area contributed by atoms with Gasteiger partial charge in [0.2, 0.25) is 0 Å². The van der Waals surface area contributed by atoms with E-state index in [0.717, 1.165) is 35.5 Å². The van der Waals surface area contributed by atoms with Gasteiger partial charge in [0.1, 0.15) is 0 Å². The second-order valence-corrected chi connectivity index (χ2v) is 8.74. The van der Waals surface area contributed by atoms with Crippen molar-refractivity contribution in [2.45, 2.75) is 123 Å². The molecule has 4 unspecified atom stereocenters. The molecule has 0 nitrogen and oxygen atoms in total. The fourth-order valence-electron chi connectivity index (χ4n) is 4.57. The van der Waals surface area contributed by atoms with Crippen molar-refractivity contribution in [3.63, 3.8) is 0 Å². The summed E-state index contributed by atoms with van der Waals surface area (Å²) in [6.45, 7) is 31.3. The monoisotopic (exact) mass is 445 g/mol. The average molecular weight is 446 g/mol. The fourth-order valence-corrected chi connectivity index (χ4v) is 4.57. The molecule has 3 rings (SSSR count). The summed E-state index contributed by atoms with van der Waals surface area (Å²) >= 11 is 0. The zero-order chi connectivity index (χ0) is 20.8. The maximum Gasteiger partial charge on any atom is 0 e. The van der Waals surface area contributed by atoms with E-state index < -0.39 is 0 Å². The number of hydrogen-bond donors (Lipinski definition) is 0. The Labute approximate surface area is 195 Å². The van der Waals surface area contributed by atoms with Crippen LogP contribution >= 0.6 is 0 Å². The Balaban J connectivity index is -0.000000188. The number of hydrogen-bond acceptors (Lipinski definition) is 0. The van der Waals surface area contributed by atoms with E-state index in [1.165, 1.54) is 25.7 Å². The summed E-state index contributed by atoms with van der Waals surface area (Å²) in [4.78, 5) is 0. The van der Waals surface area contributed by atoms with Crippen LogP contribution in [0.2, 0.25) is 0 Å². The first-order valence-electron chi connectivity index (χ1n) is 11.7. The molecule has 0 aromatic rings. The van der Waals surface area contributed by atoms with Gasteiger partial charge in [0.25, 0.3) is 0 Å². The number of fused-ring (bicyclic) bond motifs is 2. The molecule has 3 fully saturated rings. The SMILES string of the molecule is CC.CC.CC(C)C1CC2CC(C1C(C)C)C2(C)C.CCC.CCC.[Y]. The fraction of sp³-hybridized carbons (Fsp3) is 1.00. The molecule has 1 radical (unpaired) electrons. The molecule has 0 aliphatic heterocycles. The molecule has 26 heavy (non-hydrogen) atoms. The summed E-state index contributed by atoms with van der Waals surface area (Å²) in [6.07, 6.45) is 5.53. The van der Waals surface area contributed by atoms with Crippen molar-refractivity contribution in [2.24, 2.45) is 40.9 Å². The minimum absolute atomic E-state index is 0. The van der Waals surface area contributed by atoms with Gasteiger partial charge in [-0.05, 0) is 53.8 Å². The summed E-state index contributed by atoms with van der Waals surface area (Å²) in [5.41, 5.74) is 0.653.